The first-order valence-corrected chi connectivity index (χ1v) is 13.0. The Balaban J connectivity index is 3.36. The Kier molecular flexibility index (Phi) is 20.9. The second kappa shape index (κ2) is 21.3. The Bertz CT molecular complexity index is 358. The molecular formula is C28H54. The fourth-order valence-electron chi connectivity index (χ4n) is 4.45. The summed E-state index contributed by atoms with van der Waals surface area (Å²) in [4.78, 5) is 0. The quantitative estimate of drug-likeness (QED) is 0.143. The fourth-order valence-corrected chi connectivity index (χ4v) is 4.45. The van der Waals surface area contributed by atoms with E-state index in [9.17, 15) is 0 Å². The van der Waals surface area contributed by atoms with Crippen LogP contribution in [0.15, 0.2) is 0 Å². The van der Waals surface area contributed by atoms with Gasteiger partial charge in [-0.2, -0.15) is 0 Å². The molecule has 0 aromatic heterocycles. The largest absolute Gasteiger partial charge is 0.107 e. The zero-order valence-corrected chi connectivity index (χ0v) is 20.5. The van der Waals surface area contributed by atoms with Crippen LogP contribution in [0.1, 0.15) is 150 Å². The van der Waals surface area contributed by atoms with Gasteiger partial charge in [0.15, 0.2) is 0 Å². The highest BCUT2D eigenvalue weighted by Gasteiger charge is 2.07. The third-order valence-electron chi connectivity index (χ3n) is 6.49. The van der Waals surface area contributed by atoms with Crippen LogP contribution in [0.3, 0.4) is 0 Å². The maximum atomic E-state index is 3.17. The first kappa shape index (κ1) is 27.6. The third-order valence-corrected chi connectivity index (χ3v) is 6.49. The van der Waals surface area contributed by atoms with Crippen LogP contribution in [0.25, 0.3) is 0 Å². The predicted octanol–water partition coefficient (Wildman–Crippen LogP) is 9.96. The summed E-state index contributed by atoms with van der Waals surface area (Å²) in [5.74, 6) is 8.97. The molecule has 0 fully saturated rings. The summed E-state index contributed by atoms with van der Waals surface area (Å²) in [6.45, 7) is 11.6. The molecule has 0 aromatic carbocycles. The lowest BCUT2D eigenvalue weighted by Crippen LogP contribution is -2.01. The van der Waals surface area contributed by atoms with Crippen molar-refractivity contribution in [2.24, 2.45) is 17.8 Å². The first-order valence-electron chi connectivity index (χ1n) is 13.0. The Morgan fingerprint density at radius 3 is 1.36 bits per heavy atom. The van der Waals surface area contributed by atoms with Crippen LogP contribution in [-0.2, 0) is 0 Å². The molecule has 0 saturated heterocycles. The van der Waals surface area contributed by atoms with Crippen molar-refractivity contribution in [3.05, 3.63) is 0 Å². The van der Waals surface area contributed by atoms with Crippen molar-refractivity contribution < 1.29 is 0 Å². The van der Waals surface area contributed by atoms with Gasteiger partial charge in [-0.05, 0) is 31.1 Å². The van der Waals surface area contributed by atoms with Gasteiger partial charge in [0.25, 0.3) is 0 Å². The second-order valence-corrected chi connectivity index (χ2v) is 9.76. The molecule has 0 saturated carbocycles. The van der Waals surface area contributed by atoms with Crippen molar-refractivity contribution in [1.29, 1.82) is 0 Å². The summed E-state index contributed by atoms with van der Waals surface area (Å²) >= 11 is 0. The Hall–Kier alpha value is -0.440. The zero-order chi connectivity index (χ0) is 20.9. The topological polar surface area (TPSA) is 0 Å². The second-order valence-electron chi connectivity index (χ2n) is 9.76. The van der Waals surface area contributed by atoms with Gasteiger partial charge in [-0.25, -0.2) is 0 Å². The minimum absolute atomic E-state index is 0.940. The van der Waals surface area contributed by atoms with Crippen LogP contribution in [-0.4, -0.2) is 0 Å². The molecule has 0 aliphatic rings. The van der Waals surface area contributed by atoms with Crippen LogP contribution in [0, 0.1) is 29.6 Å². The van der Waals surface area contributed by atoms with Crippen molar-refractivity contribution in [2.75, 3.05) is 0 Å². The maximum absolute atomic E-state index is 3.17. The smallest absolute Gasteiger partial charge is 0.00885 e. The molecule has 0 spiro atoms. The van der Waals surface area contributed by atoms with E-state index >= 15 is 0 Å². The molecule has 0 nitrogen and oxygen atoms in total. The van der Waals surface area contributed by atoms with Gasteiger partial charge in [0.05, 0.1) is 0 Å². The van der Waals surface area contributed by atoms with Crippen LogP contribution < -0.4 is 0 Å². The lowest BCUT2D eigenvalue weighted by molar-refractivity contribution is 0.377. The highest BCUT2D eigenvalue weighted by molar-refractivity contribution is 4.94. The SMILES string of the molecule is CC#CCCCCCCCCCCC(C)CCCC(C)CCCC(C)CCC. The molecule has 3 unspecified atom stereocenters. The highest BCUT2D eigenvalue weighted by atomic mass is 14.1. The van der Waals surface area contributed by atoms with E-state index in [0.717, 1.165) is 24.2 Å². The molecule has 0 radical (unpaired) electrons. The monoisotopic (exact) mass is 390 g/mol. The van der Waals surface area contributed by atoms with Gasteiger partial charge in [0.2, 0.25) is 0 Å². The molecule has 28 heavy (non-hydrogen) atoms. The average molecular weight is 391 g/mol. The molecule has 166 valence electrons. The van der Waals surface area contributed by atoms with Crippen LogP contribution in [0.2, 0.25) is 0 Å². The Morgan fingerprint density at radius 2 is 0.893 bits per heavy atom. The lowest BCUT2D eigenvalue weighted by Gasteiger charge is -2.15. The molecule has 0 rings (SSSR count). The van der Waals surface area contributed by atoms with Gasteiger partial charge >= 0.3 is 0 Å². The van der Waals surface area contributed by atoms with E-state index in [0.29, 0.717) is 0 Å². The van der Waals surface area contributed by atoms with Gasteiger partial charge in [-0.15, -0.1) is 11.8 Å². The molecule has 3 atom stereocenters. The lowest BCUT2D eigenvalue weighted by atomic mass is 9.91. The van der Waals surface area contributed by atoms with Crippen LogP contribution >= 0.6 is 0 Å². The van der Waals surface area contributed by atoms with Gasteiger partial charge in [-0.3, -0.25) is 0 Å². The van der Waals surface area contributed by atoms with Gasteiger partial charge < -0.3 is 0 Å². The fraction of sp³-hybridized carbons (Fsp3) is 0.929. The summed E-state index contributed by atoms with van der Waals surface area (Å²) in [5, 5.41) is 0. The van der Waals surface area contributed by atoms with E-state index in [1.54, 1.807) is 0 Å². The predicted molar refractivity (Wildman–Crippen MR) is 130 cm³/mol. The molecule has 0 heteroatoms. The zero-order valence-electron chi connectivity index (χ0n) is 20.5. The molecule has 0 aliphatic carbocycles. The number of rotatable bonds is 20. The normalized spacial score (nSPS) is 14.3. The van der Waals surface area contributed by atoms with Crippen molar-refractivity contribution in [1.82, 2.24) is 0 Å². The number of unbranched alkanes of at least 4 members (excludes halogenated alkanes) is 8. The van der Waals surface area contributed by atoms with E-state index in [2.05, 4.69) is 39.5 Å². The standard InChI is InChI=1S/C28H54/c1-6-8-9-10-11-12-13-14-15-16-17-21-27(4)23-19-25-28(5)24-18-22-26(3)20-7-2/h26-28H,7,9-25H2,1-5H3. The summed E-state index contributed by atoms with van der Waals surface area (Å²) in [5.41, 5.74) is 0. The molecule has 0 aromatic rings. The molecule has 0 amide bonds. The van der Waals surface area contributed by atoms with Gasteiger partial charge in [0, 0.05) is 6.42 Å². The maximum Gasteiger partial charge on any atom is 0.00885 e. The number of hydrogen-bond donors (Lipinski definition) is 0. The molecule has 0 N–H and O–H groups in total. The minimum Gasteiger partial charge on any atom is -0.107 e. The molecular weight excluding hydrogens is 336 g/mol. The Labute approximate surface area is 180 Å². The Morgan fingerprint density at radius 1 is 0.500 bits per heavy atom. The van der Waals surface area contributed by atoms with E-state index in [1.165, 1.54) is 109 Å². The highest BCUT2D eigenvalue weighted by Crippen LogP contribution is 2.22. The van der Waals surface area contributed by atoms with E-state index in [-0.39, 0.29) is 0 Å². The minimum atomic E-state index is 0.940. The van der Waals surface area contributed by atoms with Crippen LogP contribution in [0.4, 0.5) is 0 Å². The van der Waals surface area contributed by atoms with Gasteiger partial charge in [-0.1, -0.05) is 130 Å². The number of hydrogen-bond acceptors (Lipinski definition) is 0. The average Bonchev–Trinajstić information content (AvgIpc) is 2.66. The van der Waals surface area contributed by atoms with E-state index < -0.39 is 0 Å². The van der Waals surface area contributed by atoms with Crippen molar-refractivity contribution in [3.63, 3.8) is 0 Å². The van der Waals surface area contributed by atoms with Crippen molar-refractivity contribution in [2.45, 2.75) is 150 Å². The summed E-state index contributed by atoms with van der Waals surface area (Å²) in [7, 11) is 0. The van der Waals surface area contributed by atoms with Gasteiger partial charge in [0.1, 0.15) is 0 Å². The summed E-state index contributed by atoms with van der Waals surface area (Å²) in [6, 6.07) is 0. The third kappa shape index (κ3) is 20.3. The van der Waals surface area contributed by atoms with Crippen LogP contribution in [0.5, 0.6) is 0 Å². The van der Waals surface area contributed by atoms with E-state index in [1.807, 2.05) is 6.92 Å². The van der Waals surface area contributed by atoms with Crippen molar-refractivity contribution >= 4 is 0 Å². The first-order chi connectivity index (χ1) is 13.6. The molecule has 0 aliphatic heterocycles. The van der Waals surface area contributed by atoms with Crippen molar-refractivity contribution in [3.8, 4) is 11.8 Å². The van der Waals surface area contributed by atoms with E-state index in [4.69, 9.17) is 0 Å². The molecule has 0 heterocycles. The summed E-state index contributed by atoms with van der Waals surface area (Å²) < 4.78 is 0. The molecule has 0 bridgehead atoms. The summed E-state index contributed by atoms with van der Waals surface area (Å²) in [6.07, 6.45) is 25.4.